The highest BCUT2D eigenvalue weighted by Crippen LogP contribution is 2.44. The summed E-state index contributed by atoms with van der Waals surface area (Å²) in [6.07, 6.45) is 0. The van der Waals surface area contributed by atoms with Gasteiger partial charge in [0.1, 0.15) is 22.7 Å². The molecule has 0 amide bonds. The van der Waals surface area contributed by atoms with Crippen LogP contribution >= 0.6 is 0 Å². The number of hydrogen-bond donors (Lipinski definition) is 0. The van der Waals surface area contributed by atoms with Gasteiger partial charge in [-0.15, -0.1) is 0 Å². The van der Waals surface area contributed by atoms with E-state index in [9.17, 15) is 0 Å². The lowest BCUT2D eigenvalue weighted by Crippen LogP contribution is -2.59. The van der Waals surface area contributed by atoms with Gasteiger partial charge in [0.05, 0.1) is 0 Å². The predicted octanol–water partition coefficient (Wildman–Crippen LogP) is 10.1. The van der Waals surface area contributed by atoms with E-state index in [2.05, 4.69) is 163 Å². The molecule has 2 aliphatic rings. The molecule has 0 atom stereocenters. The molecule has 2 aliphatic heterocycles. The first-order valence-electron chi connectivity index (χ1n) is 16.8. The van der Waals surface area contributed by atoms with Gasteiger partial charge < -0.3 is 19.0 Å². The fourth-order valence-corrected chi connectivity index (χ4v) is 7.85. The summed E-state index contributed by atoms with van der Waals surface area (Å²) < 4.78 is 13.2. The number of aryl methyl sites for hydroxylation is 2. The van der Waals surface area contributed by atoms with Crippen LogP contribution in [-0.4, -0.2) is 6.71 Å². The molecule has 0 spiro atoms. The maximum Gasteiger partial charge on any atom is 0.256 e. The molecule has 4 nitrogen and oxygen atoms in total. The van der Waals surface area contributed by atoms with Crippen LogP contribution in [0.5, 0.6) is 11.5 Å². The van der Waals surface area contributed by atoms with Gasteiger partial charge >= 0.3 is 0 Å². The van der Waals surface area contributed by atoms with Crippen molar-refractivity contribution in [2.75, 3.05) is 9.80 Å². The lowest BCUT2D eigenvalue weighted by Gasteiger charge is -2.41. The van der Waals surface area contributed by atoms with Crippen molar-refractivity contribution >= 4 is 79.2 Å². The van der Waals surface area contributed by atoms with Gasteiger partial charge in [-0.25, -0.2) is 0 Å². The Morgan fingerprint density at radius 2 is 1.27 bits per heavy atom. The molecule has 7 aromatic carbocycles. The van der Waals surface area contributed by atoms with Crippen molar-refractivity contribution in [1.82, 2.24) is 0 Å². The predicted molar refractivity (Wildman–Crippen MR) is 204 cm³/mol. The number of rotatable bonds is 4. The van der Waals surface area contributed by atoms with E-state index < -0.39 is 0 Å². The zero-order valence-corrected chi connectivity index (χ0v) is 27.2. The molecule has 49 heavy (non-hydrogen) atoms. The van der Waals surface area contributed by atoms with Crippen LogP contribution in [0.3, 0.4) is 0 Å². The van der Waals surface area contributed by atoms with Crippen LogP contribution in [0.2, 0.25) is 0 Å². The number of hydrogen-bond acceptors (Lipinski definition) is 4. The van der Waals surface area contributed by atoms with Crippen LogP contribution < -0.4 is 30.9 Å². The van der Waals surface area contributed by atoms with E-state index in [1.807, 2.05) is 12.1 Å². The Bertz CT molecular complexity index is 2570. The Hall–Kier alpha value is -6.20. The first kappa shape index (κ1) is 27.9. The van der Waals surface area contributed by atoms with Crippen LogP contribution in [0.1, 0.15) is 11.1 Å². The average Bonchev–Trinajstić information content (AvgIpc) is 3.52. The Morgan fingerprint density at radius 1 is 0.551 bits per heavy atom. The SMILES string of the molecule is Cc1ccc(N(c2ccc3c(c2)Oc2ccc(C)c4c2B3c2ccccc2N4c2ccccc2)c2ccc3c(c2)oc2ccccc23)cc1. The van der Waals surface area contributed by atoms with Crippen molar-refractivity contribution < 1.29 is 9.15 Å². The van der Waals surface area contributed by atoms with Crippen molar-refractivity contribution in [3.05, 3.63) is 163 Å². The summed E-state index contributed by atoms with van der Waals surface area (Å²) in [5.41, 5.74) is 14.5. The zero-order valence-electron chi connectivity index (χ0n) is 27.2. The van der Waals surface area contributed by atoms with Crippen molar-refractivity contribution in [1.29, 1.82) is 0 Å². The molecule has 0 aliphatic carbocycles. The molecule has 0 bridgehead atoms. The largest absolute Gasteiger partial charge is 0.458 e. The Labute approximate surface area is 285 Å². The van der Waals surface area contributed by atoms with Crippen LogP contribution in [0.15, 0.2) is 156 Å². The van der Waals surface area contributed by atoms with Crippen molar-refractivity contribution in [2.24, 2.45) is 0 Å². The zero-order chi connectivity index (χ0) is 32.6. The molecule has 5 heteroatoms. The summed E-state index contributed by atoms with van der Waals surface area (Å²) >= 11 is 0. The number of furan rings is 1. The van der Waals surface area contributed by atoms with E-state index in [-0.39, 0.29) is 6.71 Å². The molecular weight excluding hydrogens is 599 g/mol. The first-order chi connectivity index (χ1) is 24.1. The fraction of sp³-hybridized carbons (Fsp3) is 0.0455. The molecule has 3 heterocycles. The highest BCUT2D eigenvalue weighted by atomic mass is 16.5. The normalized spacial score (nSPS) is 12.8. The minimum absolute atomic E-state index is 0.0404. The standard InChI is InChI=1S/C44H31BN2O2/c1-28-16-19-31(20-17-28)46(32-21-23-35-34-12-6-9-15-39(34)48-41(35)26-32)33-22-24-37-42(27-33)49-40-25-18-29(2)44-43(40)45(37)36-13-7-8-14-38(36)47(44)30-10-4-3-5-11-30/h3-27H,1-2H3. The summed E-state index contributed by atoms with van der Waals surface area (Å²) in [6.45, 7) is 4.36. The minimum atomic E-state index is 0.0404. The molecule has 0 radical (unpaired) electrons. The van der Waals surface area contributed by atoms with E-state index in [1.54, 1.807) is 0 Å². The van der Waals surface area contributed by atoms with Gasteiger partial charge in [-0.2, -0.15) is 0 Å². The molecule has 10 rings (SSSR count). The second-order valence-corrected chi connectivity index (χ2v) is 13.1. The smallest absolute Gasteiger partial charge is 0.256 e. The van der Waals surface area contributed by atoms with Crippen LogP contribution in [0.25, 0.3) is 21.9 Å². The number of ether oxygens (including phenoxy) is 1. The van der Waals surface area contributed by atoms with E-state index in [1.165, 1.54) is 38.9 Å². The van der Waals surface area contributed by atoms with E-state index in [0.717, 1.165) is 56.2 Å². The monoisotopic (exact) mass is 630 g/mol. The van der Waals surface area contributed by atoms with E-state index in [4.69, 9.17) is 9.15 Å². The van der Waals surface area contributed by atoms with E-state index in [0.29, 0.717) is 0 Å². The molecule has 0 unspecified atom stereocenters. The van der Waals surface area contributed by atoms with Gasteiger partial charge in [-0.1, -0.05) is 84.4 Å². The molecule has 0 N–H and O–H groups in total. The number of benzene rings is 7. The minimum Gasteiger partial charge on any atom is -0.458 e. The summed E-state index contributed by atoms with van der Waals surface area (Å²) in [7, 11) is 0. The number of nitrogens with zero attached hydrogens (tertiary/aromatic N) is 2. The maximum atomic E-state index is 6.90. The summed E-state index contributed by atoms with van der Waals surface area (Å²) in [5, 5.41) is 2.24. The quantitative estimate of drug-likeness (QED) is 0.181. The van der Waals surface area contributed by atoms with Gasteiger partial charge in [-0.3, -0.25) is 0 Å². The van der Waals surface area contributed by atoms with Crippen molar-refractivity contribution in [2.45, 2.75) is 13.8 Å². The molecular formula is C44H31BN2O2. The molecule has 0 saturated heterocycles. The van der Waals surface area contributed by atoms with Gasteiger partial charge in [-0.05, 0) is 96.5 Å². The summed E-state index contributed by atoms with van der Waals surface area (Å²) in [5.74, 6) is 1.77. The molecule has 232 valence electrons. The Balaban J connectivity index is 1.15. The number of anilines is 6. The molecule has 1 aromatic heterocycles. The van der Waals surface area contributed by atoms with Gasteiger partial charge in [0.25, 0.3) is 6.71 Å². The topological polar surface area (TPSA) is 28.9 Å². The summed E-state index contributed by atoms with van der Waals surface area (Å²) in [6, 6.07) is 53.9. The second kappa shape index (κ2) is 10.7. The Morgan fingerprint density at radius 3 is 2.14 bits per heavy atom. The Kier molecular flexibility index (Phi) is 6.06. The van der Waals surface area contributed by atoms with E-state index >= 15 is 0 Å². The molecule has 8 aromatic rings. The number of fused-ring (bicyclic) bond motifs is 7. The average molecular weight is 631 g/mol. The third-order valence-electron chi connectivity index (χ3n) is 10.1. The van der Waals surface area contributed by atoms with Crippen LogP contribution in [0.4, 0.5) is 34.1 Å². The highest BCUT2D eigenvalue weighted by molar-refractivity contribution is 6.99. The molecule has 0 saturated carbocycles. The van der Waals surface area contributed by atoms with Crippen molar-refractivity contribution in [3.63, 3.8) is 0 Å². The lowest BCUT2D eigenvalue weighted by atomic mass is 9.34. The van der Waals surface area contributed by atoms with Crippen LogP contribution in [-0.2, 0) is 0 Å². The van der Waals surface area contributed by atoms with Crippen molar-refractivity contribution in [3.8, 4) is 11.5 Å². The molecule has 0 fully saturated rings. The number of para-hydroxylation sites is 3. The second-order valence-electron chi connectivity index (χ2n) is 13.1. The van der Waals surface area contributed by atoms with Gasteiger partial charge in [0.15, 0.2) is 0 Å². The first-order valence-corrected chi connectivity index (χ1v) is 16.8. The fourth-order valence-electron chi connectivity index (χ4n) is 7.85. The van der Waals surface area contributed by atoms with Gasteiger partial charge in [0, 0.05) is 57.0 Å². The van der Waals surface area contributed by atoms with Gasteiger partial charge in [0.2, 0.25) is 0 Å². The third-order valence-corrected chi connectivity index (χ3v) is 10.1. The third kappa shape index (κ3) is 4.25. The highest BCUT2D eigenvalue weighted by Gasteiger charge is 2.42. The summed E-state index contributed by atoms with van der Waals surface area (Å²) in [4.78, 5) is 4.69. The maximum absolute atomic E-state index is 6.90. The van der Waals surface area contributed by atoms with Crippen LogP contribution in [0, 0.1) is 13.8 Å². The lowest BCUT2D eigenvalue weighted by molar-refractivity contribution is 0.487.